The van der Waals surface area contributed by atoms with Crippen molar-refractivity contribution >= 4 is 33.6 Å². The lowest BCUT2D eigenvalue weighted by molar-refractivity contribution is -0.114. The molecule has 0 saturated heterocycles. The van der Waals surface area contributed by atoms with Gasteiger partial charge in [-0.2, -0.15) is 5.10 Å². The fourth-order valence-corrected chi connectivity index (χ4v) is 2.46. The standard InChI is InChI=1S/C13H20BrN3O3/c1-5-7-8(3)17-12(15-9(4)18)10(11(14)16-17)13(19)20-6-2/h8H,5-7H2,1-4H3,(H,15,18). The molecule has 112 valence electrons. The molecule has 0 aromatic carbocycles. The van der Waals surface area contributed by atoms with Gasteiger partial charge in [-0.25, -0.2) is 9.48 Å². The van der Waals surface area contributed by atoms with Crippen molar-refractivity contribution in [2.75, 3.05) is 11.9 Å². The third-order valence-electron chi connectivity index (χ3n) is 2.77. The summed E-state index contributed by atoms with van der Waals surface area (Å²) in [6, 6.07) is 0.0707. The maximum absolute atomic E-state index is 12.0. The number of nitrogens with one attached hydrogen (secondary N) is 1. The molecular formula is C13H20BrN3O3. The zero-order valence-electron chi connectivity index (χ0n) is 12.2. The van der Waals surface area contributed by atoms with Gasteiger partial charge in [0.2, 0.25) is 5.91 Å². The van der Waals surface area contributed by atoms with Crippen molar-refractivity contribution in [3.63, 3.8) is 0 Å². The fraction of sp³-hybridized carbons (Fsp3) is 0.615. The molecule has 1 aromatic rings. The van der Waals surface area contributed by atoms with Crippen LogP contribution in [-0.2, 0) is 9.53 Å². The van der Waals surface area contributed by atoms with E-state index in [1.54, 1.807) is 11.6 Å². The van der Waals surface area contributed by atoms with Crippen molar-refractivity contribution in [2.24, 2.45) is 0 Å². The molecule has 0 bridgehead atoms. The first-order chi connectivity index (χ1) is 9.42. The van der Waals surface area contributed by atoms with E-state index in [0.29, 0.717) is 10.4 Å². The molecule has 0 spiro atoms. The smallest absolute Gasteiger partial charge is 0.344 e. The summed E-state index contributed by atoms with van der Waals surface area (Å²) in [6.07, 6.45) is 1.87. The molecular weight excluding hydrogens is 326 g/mol. The van der Waals surface area contributed by atoms with Crippen molar-refractivity contribution in [2.45, 2.75) is 46.6 Å². The number of ether oxygens (including phenoxy) is 1. The second-order valence-corrected chi connectivity index (χ2v) is 5.25. The van der Waals surface area contributed by atoms with E-state index in [1.807, 2.05) is 6.92 Å². The van der Waals surface area contributed by atoms with Crippen LogP contribution in [-0.4, -0.2) is 28.3 Å². The predicted molar refractivity (Wildman–Crippen MR) is 79.8 cm³/mol. The molecule has 0 fully saturated rings. The minimum atomic E-state index is -0.502. The number of amides is 1. The summed E-state index contributed by atoms with van der Waals surface area (Å²) in [4.78, 5) is 23.4. The first-order valence-electron chi connectivity index (χ1n) is 6.65. The predicted octanol–water partition coefficient (Wildman–Crippen LogP) is 3.14. The highest BCUT2D eigenvalue weighted by atomic mass is 79.9. The molecule has 7 heteroatoms. The van der Waals surface area contributed by atoms with Crippen LogP contribution in [0, 0.1) is 0 Å². The summed E-state index contributed by atoms with van der Waals surface area (Å²) in [5.74, 6) is -0.380. The van der Waals surface area contributed by atoms with Gasteiger partial charge in [0.1, 0.15) is 16.0 Å². The Hall–Kier alpha value is -1.37. The highest BCUT2D eigenvalue weighted by Crippen LogP contribution is 2.29. The Bertz CT molecular complexity index is 499. The minimum absolute atomic E-state index is 0.0707. The molecule has 1 amide bonds. The van der Waals surface area contributed by atoms with Crippen LogP contribution in [0.4, 0.5) is 5.82 Å². The summed E-state index contributed by atoms with van der Waals surface area (Å²) < 4.78 is 7.04. The Morgan fingerprint density at radius 1 is 1.45 bits per heavy atom. The van der Waals surface area contributed by atoms with Gasteiger partial charge in [0.15, 0.2) is 0 Å². The maximum Gasteiger partial charge on any atom is 0.344 e. The van der Waals surface area contributed by atoms with Crippen molar-refractivity contribution in [3.8, 4) is 0 Å². The second kappa shape index (κ2) is 7.42. The van der Waals surface area contributed by atoms with Crippen LogP contribution in [0.15, 0.2) is 4.60 Å². The van der Waals surface area contributed by atoms with Gasteiger partial charge in [-0.05, 0) is 36.2 Å². The summed E-state index contributed by atoms with van der Waals surface area (Å²) in [5.41, 5.74) is 0.255. The quantitative estimate of drug-likeness (QED) is 0.803. The lowest BCUT2D eigenvalue weighted by atomic mass is 10.2. The molecule has 0 aliphatic rings. The number of halogens is 1. The Morgan fingerprint density at radius 3 is 2.60 bits per heavy atom. The number of carbonyl (C=O) groups excluding carboxylic acids is 2. The lowest BCUT2D eigenvalue weighted by Crippen LogP contribution is -2.17. The number of hydrogen-bond donors (Lipinski definition) is 1. The van der Waals surface area contributed by atoms with E-state index in [4.69, 9.17) is 4.74 Å². The van der Waals surface area contributed by atoms with E-state index in [9.17, 15) is 9.59 Å². The number of rotatable bonds is 6. The van der Waals surface area contributed by atoms with Crippen LogP contribution < -0.4 is 5.32 Å². The molecule has 1 unspecified atom stereocenters. The van der Waals surface area contributed by atoms with Crippen molar-refractivity contribution < 1.29 is 14.3 Å². The molecule has 1 aromatic heterocycles. The lowest BCUT2D eigenvalue weighted by Gasteiger charge is -2.15. The van der Waals surface area contributed by atoms with Crippen molar-refractivity contribution in [3.05, 3.63) is 10.2 Å². The Kier molecular flexibility index (Phi) is 6.19. The van der Waals surface area contributed by atoms with Crippen LogP contribution >= 0.6 is 15.9 Å². The largest absolute Gasteiger partial charge is 0.462 e. The van der Waals surface area contributed by atoms with E-state index in [-0.39, 0.29) is 24.1 Å². The molecule has 0 radical (unpaired) electrons. The molecule has 1 atom stereocenters. The number of nitrogens with zero attached hydrogens (tertiary/aromatic N) is 2. The van der Waals surface area contributed by atoms with Gasteiger partial charge in [-0.3, -0.25) is 4.79 Å². The third-order valence-corrected chi connectivity index (χ3v) is 3.32. The monoisotopic (exact) mass is 345 g/mol. The highest BCUT2D eigenvalue weighted by molar-refractivity contribution is 9.10. The maximum atomic E-state index is 12.0. The highest BCUT2D eigenvalue weighted by Gasteiger charge is 2.26. The molecule has 0 aliphatic heterocycles. The van der Waals surface area contributed by atoms with E-state index in [2.05, 4.69) is 33.3 Å². The van der Waals surface area contributed by atoms with Crippen LogP contribution in [0.25, 0.3) is 0 Å². The summed E-state index contributed by atoms with van der Waals surface area (Å²) >= 11 is 3.26. The van der Waals surface area contributed by atoms with Gasteiger partial charge < -0.3 is 10.1 Å². The van der Waals surface area contributed by atoms with Gasteiger partial charge in [0, 0.05) is 6.92 Å². The number of aromatic nitrogens is 2. The minimum Gasteiger partial charge on any atom is -0.462 e. The second-order valence-electron chi connectivity index (χ2n) is 4.50. The number of hydrogen-bond acceptors (Lipinski definition) is 4. The van der Waals surface area contributed by atoms with Gasteiger partial charge in [-0.15, -0.1) is 0 Å². The molecule has 6 nitrogen and oxygen atoms in total. The van der Waals surface area contributed by atoms with Crippen LogP contribution in [0.5, 0.6) is 0 Å². The van der Waals surface area contributed by atoms with Gasteiger partial charge in [-0.1, -0.05) is 13.3 Å². The van der Waals surface area contributed by atoms with Gasteiger partial charge in [0.05, 0.1) is 12.6 Å². The third kappa shape index (κ3) is 3.82. The summed E-state index contributed by atoms with van der Waals surface area (Å²) in [6.45, 7) is 7.45. The van der Waals surface area contributed by atoms with Crippen LogP contribution in [0.1, 0.15) is 56.9 Å². The van der Waals surface area contributed by atoms with Gasteiger partial charge in [0.25, 0.3) is 0 Å². The average Bonchev–Trinajstić information content (AvgIpc) is 2.66. The Morgan fingerprint density at radius 2 is 2.10 bits per heavy atom. The fourth-order valence-electron chi connectivity index (χ4n) is 1.94. The molecule has 0 saturated carbocycles. The molecule has 1 rings (SSSR count). The van der Waals surface area contributed by atoms with Crippen molar-refractivity contribution in [1.82, 2.24) is 9.78 Å². The zero-order valence-corrected chi connectivity index (χ0v) is 13.8. The Balaban J connectivity index is 3.27. The van der Waals surface area contributed by atoms with E-state index >= 15 is 0 Å². The molecule has 20 heavy (non-hydrogen) atoms. The molecule has 1 N–H and O–H groups in total. The first kappa shape index (κ1) is 16.7. The number of carbonyl (C=O) groups is 2. The normalized spacial score (nSPS) is 12.1. The molecule has 1 heterocycles. The van der Waals surface area contributed by atoms with E-state index < -0.39 is 5.97 Å². The molecule has 0 aliphatic carbocycles. The van der Waals surface area contributed by atoms with Crippen molar-refractivity contribution in [1.29, 1.82) is 0 Å². The number of anilines is 1. The van der Waals surface area contributed by atoms with Crippen LogP contribution in [0.2, 0.25) is 0 Å². The SMILES string of the molecule is CCCC(C)n1nc(Br)c(C(=O)OCC)c1NC(C)=O. The Labute approximate surface area is 127 Å². The van der Waals surface area contributed by atoms with E-state index in [0.717, 1.165) is 12.8 Å². The van der Waals surface area contributed by atoms with Gasteiger partial charge >= 0.3 is 5.97 Å². The topological polar surface area (TPSA) is 73.2 Å². The van der Waals surface area contributed by atoms with Crippen LogP contribution in [0.3, 0.4) is 0 Å². The average molecular weight is 346 g/mol. The number of esters is 1. The zero-order chi connectivity index (χ0) is 15.3. The summed E-state index contributed by atoms with van der Waals surface area (Å²) in [7, 11) is 0. The summed E-state index contributed by atoms with van der Waals surface area (Å²) in [5, 5.41) is 6.98. The van der Waals surface area contributed by atoms with E-state index in [1.165, 1.54) is 6.92 Å². The first-order valence-corrected chi connectivity index (χ1v) is 7.44.